The van der Waals surface area contributed by atoms with Crippen LogP contribution in [0.25, 0.3) is 0 Å². The summed E-state index contributed by atoms with van der Waals surface area (Å²) < 4.78 is 5.63. The van der Waals surface area contributed by atoms with Crippen molar-refractivity contribution in [2.75, 3.05) is 32.8 Å². The molecule has 2 N–H and O–H groups in total. The van der Waals surface area contributed by atoms with E-state index in [-0.39, 0.29) is 36.1 Å². The van der Waals surface area contributed by atoms with Crippen LogP contribution in [0.2, 0.25) is 0 Å². The lowest BCUT2D eigenvalue weighted by atomic mass is 9.67. The summed E-state index contributed by atoms with van der Waals surface area (Å²) in [5.74, 6) is 0.769. The zero-order valence-electron chi connectivity index (χ0n) is 17.3. The predicted molar refractivity (Wildman–Crippen MR) is 121 cm³/mol. The second kappa shape index (κ2) is 11.0. The molecule has 164 valence electrons. The van der Waals surface area contributed by atoms with Crippen molar-refractivity contribution in [2.24, 2.45) is 11.3 Å². The van der Waals surface area contributed by atoms with Crippen LogP contribution in [0.4, 0.5) is 0 Å². The molecule has 0 spiro atoms. The second-order valence-electron chi connectivity index (χ2n) is 8.65. The third-order valence-corrected chi connectivity index (χ3v) is 6.67. The minimum atomic E-state index is -0.167. The molecule has 1 aromatic carbocycles. The number of amides is 1. The second-order valence-corrected chi connectivity index (χ2v) is 8.65. The molecule has 2 saturated heterocycles. The van der Waals surface area contributed by atoms with Crippen LogP contribution < -0.4 is 10.6 Å². The van der Waals surface area contributed by atoms with E-state index in [0.29, 0.717) is 18.6 Å². The molecule has 0 aromatic heterocycles. The summed E-state index contributed by atoms with van der Waals surface area (Å²) in [4.78, 5) is 15.5. The average molecular weight is 444 g/mol. The lowest BCUT2D eigenvalue weighted by Crippen LogP contribution is -2.47. The molecule has 0 bridgehead atoms. The largest absolute Gasteiger partial charge is 0.376 e. The van der Waals surface area contributed by atoms with Gasteiger partial charge in [0.05, 0.1) is 18.1 Å². The van der Waals surface area contributed by atoms with E-state index >= 15 is 0 Å². The Kier molecular flexibility index (Phi) is 9.23. The van der Waals surface area contributed by atoms with Crippen LogP contribution in [0.5, 0.6) is 0 Å². The van der Waals surface area contributed by atoms with Crippen LogP contribution in [-0.2, 0) is 22.6 Å². The van der Waals surface area contributed by atoms with Crippen molar-refractivity contribution in [1.29, 1.82) is 0 Å². The van der Waals surface area contributed by atoms with Gasteiger partial charge >= 0.3 is 0 Å². The molecule has 29 heavy (non-hydrogen) atoms. The fraction of sp³-hybridized carbons (Fsp3) is 0.682. The SMILES string of the molecule is CC1CN(Cc2cccc(CNC(=O)[C@@]34CCCC[C@H]3CNC4)c2)CCO1.Cl.Cl. The third-order valence-electron chi connectivity index (χ3n) is 6.67. The molecule has 1 aromatic rings. The Morgan fingerprint density at radius 2 is 2.14 bits per heavy atom. The van der Waals surface area contributed by atoms with Gasteiger partial charge < -0.3 is 15.4 Å². The normalized spacial score (nSPS) is 29.3. The number of nitrogens with zero attached hydrogens (tertiary/aromatic N) is 1. The van der Waals surface area contributed by atoms with Gasteiger partial charge in [-0.25, -0.2) is 0 Å². The van der Waals surface area contributed by atoms with Crippen molar-refractivity contribution in [3.8, 4) is 0 Å². The summed E-state index contributed by atoms with van der Waals surface area (Å²) in [5.41, 5.74) is 2.34. The van der Waals surface area contributed by atoms with Crippen molar-refractivity contribution in [1.82, 2.24) is 15.5 Å². The van der Waals surface area contributed by atoms with E-state index in [1.807, 2.05) is 0 Å². The van der Waals surface area contributed by atoms with Gasteiger partial charge in [-0.15, -0.1) is 24.8 Å². The number of morpholine rings is 1. The molecule has 2 aliphatic heterocycles. The molecular weight excluding hydrogens is 409 g/mol. The molecule has 1 aliphatic carbocycles. The molecule has 3 atom stereocenters. The highest BCUT2D eigenvalue weighted by atomic mass is 35.5. The third kappa shape index (κ3) is 5.65. The first-order valence-corrected chi connectivity index (χ1v) is 10.6. The summed E-state index contributed by atoms with van der Waals surface area (Å²) in [6.45, 7) is 8.34. The Balaban J connectivity index is 0.00000150. The van der Waals surface area contributed by atoms with Crippen LogP contribution in [0.15, 0.2) is 24.3 Å². The summed E-state index contributed by atoms with van der Waals surface area (Å²) in [6, 6.07) is 8.65. The van der Waals surface area contributed by atoms with Gasteiger partial charge in [0.2, 0.25) is 5.91 Å². The van der Waals surface area contributed by atoms with Gasteiger partial charge in [-0.1, -0.05) is 37.1 Å². The molecule has 5 nitrogen and oxygen atoms in total. The molecule has 4 rings (SSSR count). The van der Waals surface area contributed by atoms with E-state index in [2.05, 4.69) is 46.7 Å². The number of hydrogen-bond acceptors (Lipinski definition) is 4. The highest BCUT2D eigenvalue weighted by Gasteiger charge is 2.49. The number of rotatable bonds is 5. The van der Waals surface area contributed by atoms with Crippen molar-refractivity contribution < 1.29 is 9.53 Å². The number of halogens is 2. The Morgan fingerprint density at radius 1 is 1.31 bits per heavy atom. The number of carbonyl (C=O) groups excluding carboxylic acids is 1. The molecule has 1 saturated carbocycles. The van der Waals surface area contributed by atoms with E-state index in [0.717, 1.165) is 45.8 Å². The van der Waals surface area contributed by atoms with Gasteiger partial charge in [0.1, 0.15) is 0 Å². The van der Waals surface area contributed by atoms with E-state index in [1.54, 1.807) is 0 Å². The molecule has 1 unspecified atom stereocenters. The topological polar surface area (TPSA) is 53.6 Å². The minimum Gasteiger partial charge on any atom is -0.376 e. The van der Waals surface area contributed by atoms with Crippen molar-refractivity contribution in [2.45, 2.75) is 51.8 Å². The van der Waals surface area contributed by atoms with E-state index < -0.39 is 0 Å². The van der Waals surface area contributed by atoms with E-state index in [4.69, 9.17) is 4.74 Å². The first kappa shape index (κ1) is 24.4. The summed E-state index contributed by atoms with van der Waals surface area (Å²) in [6.07, 6.45) is 4.98. The molecule has 2 heterocycles. The van der Waals surface area contributed by atoms with Gasteiger partial charge in [-0.2, -0.15) is 0 Å². The molecule has 3 fully saturated rings. The van der Waals surface area contributed by atoms with Gasteiger partial charge in [-0.3, -0.25) is 9.69 Å². The lowest BCUT2D eigenvalue weighted by molar-refractivity contribution is -0.134. The Bertz CT molecular complexity index is 675. The van der Waals surface area contributed by atoms with Crippen molar-refractivity contribution in [3.05, 3.63) is 35.4 Å². The van der Waals surface area contributed by atoms with Gasteiger partial charge in [0.15, 0.2) is 0 Å². The van der Waals surface area contributed by atoms with Gasteiger partial charge in [-0.05, 0) is 43.4 Å². The summed E-state index contributed by atoms with van der Waals surface area (Å²) >= 11 is 0. The Hall–Kier alpha value is -0.850. The first-order chi connectivity index (χ1) is 13.2. The highest BCUT2D eigenvalue weighted by molar-refractivity contribution is 5.85. The molecule has 3 aliphatic rings. The van der Waals surface area contributed by atoms with Crippen molar-refractivity contribution >= 4 is 30.7 Å². The molecule has 0 radical (unpaired) electrons. The van der Waals surface area contributed by atoms with Crippen LogP contribution in [-0.4, -0.2) is 49.7 Å². The highest BCUT2D eigenvalue weighted by Crippen LogP contribution is 2.43. The Morgan fingerprint density at radius 3 is 2.97 bits per heavy atom. The lowest BCUT2D eigenvalue weighted by Gasteiger charge is -2.37. The van der Waals surface area contributed by atoms with Crippen molar-refractivity contribution in [3.63, 3.8) is 0 Å². The maximum absolute atomic E-state index is 13.0. The summed E-state index contributed by atoms with van der Waals surface area (Å²) in [5, 5.41) is 6.72. The maximum atomic E-state index is 13.0. The van der Waals surface area contributed by atoms with Crippen LogP contribution in [0.3, 0.4) is 0 Å². The quantitative estimate of drug-likeness (QED) is 0.733. The zero-order chi connectivity index (χ0) is 18.7. The monoisotopic (exact) mass is 443 g/mol. The van der Waals surface area contributed by atoms with Crippen LogP contribution in [0, 0.1) is 11.3 Å². The van der Waals surface area contributed by atoms with Gasteiger partial charge in [0, 0.05) is 32.7 Å². The average Bonchev–Trinajstić information content (AvgIpc) is 3.12. The number of ether oxygens (including phenoxy) is 1. The smallest absolute Gasteiger partial charge is 0.228 e. The van der Waals surface area contributed by atoms with Crippen LogP contribution in [0.1, 0.15) is 43.7 Å². The molecular formula is C22H35Cl2N3O2. The first-order valence-electron chi connectivity index (χ1n) is 10.6. The van der Waals surface area contributed by atoms with E-state index in [9.17, 15) is 4.79 Å². The predicted octanol–water partition coefficient (Wildman–Crippen LogP) is 3.15. The van der Waals surface area contributed by atoms with E-state index in [1.165, 1.54) is 30.4 Å². The maximum Gasteiger partial charge on any atom is 0.228 e. The molecule has 1 amide bonds. The number of fused-ring (bicyclic) bond motifs is 1. The molecule has 7 heteroatoms. The number of nitrogens with one attached hydrogen (secondary N) is 2. The zero-order valence-corrected chi connectivity index (χ0v) is 19.0. The number of benzene rings is 1. The van der Waals surface area contributed by atoms with Crippen LogP contribution >= 0.6 is 24.8 Å². The standard InChI is InChI=1S/C22H33N3O2.2ClH/c1-17-14-25(9-10-27-17)15-19-6-4-5-18(11-19)12-24-21(26)22-8-3-2-7-20(22)13-23-16-22;;/h4-6,11,17,20,23H,2-3,7-10,12-16H2,1H3,(H,24,26);2*1H/t17?,20-,22+;;/m0../s1. The number of hydrogen-bond donors (Lipinski definition) is 2. The Labute approximate surface area is 187 Å². The fourth-order valence-electron chi connectivity index (χ4n) is 5.18. The fourth-order valence-corrected chi connectivity index (χ4v) is 5.18. The summed E-state index contributed by atoms with van der Waals surface area (Å²) in [7, 11) is 0. The number of carbonyl (C=O) groups is 1. The minimum absolute atomic E-state index is 0. The van der Waals surface area contributed by atoms with Gasteiger partial charge in [0.25, 0.3) is 0 Å².